The molecule has 1 aromatic rings. The van der Waals surface area contributed by atoms with Crippen LogP contribution < -0.4 is 0 Å². The van der Waals surface area contributed by atoms with Crippen molar-refractivity contribution in [3.05, 3.63) is 47.7 Å². The maximum atomic E-state index is 12.5. The number of carbonyl (C=O) groups excluding carboxylic acids is 1. The highest BCUT2D eigenvalue weighted by Crippen LogP contribution is 2.38. The lowest BCUT2D eigenvalue weighted by Crippen LogP contribution is -2.37. The second-order valence-electron chi connectivity index (χ2n) is 4.43. The fraction of sp³-hybridized carbons (Fsp3) is 0.438. The Labute approximate surface area is 119 Å². The first kappa shape index (κ1) is 15.7. The molecule has 19 heavy (non-hydrogen) atoms. The standard InChI is InChI=1S/C16H22O2S/c1-4-7-11-16(12-8-5-2,15(17)18-6-3)14-10-9-13-19-14/h4-5,9-10,13H,1-2,6-8,11-12H2,3H3. The number of rotatable bonds is 9. The fourth-order valence-electron chi connectivity index (χ4n) is 2.19. The summed E-state index contributed by atoms with van der Waals surface area (Å²) in [5.74, 6) is -0.124. The summed E-state index contributed by atoms with van der Waals surface area (Å²) in [4.78, 5) is 13.6. The minimum absolute atomic E-state index is 0.124. The van der Waals surface area contributed by atoms with Gasteiger partial charge in [0.2, 0.25) is 0 Å². The summed E-state index contributed by atoms with van der Waals surface area (Å²) < 4.78 is 5.32. The van der Waals surface area contributed by atoms with Gasteiger partial charge in [-0.2, -0.15) is 0 Å². The van der Waals surface area contributed by atoms with Crippen LogP contribution in [0.15, 0.2) is 42.8 Å². The van der Waals surface area contributed by atoms with Crippen molar-refractivity contribution in [2.75, 3.05) is 6.61 Å². The summed E-state index contributed by atoms with van der Waals surface area (Å²) in [6.07, 6.45) is 6.79. The first-order chi connectivity index (χ1) is 9.21. The molecule has 1 aromatic heterocycles. The van der Waals surface area contributed by atoms with Crippen LogP contribution in [0.2, 0.25) is 0 Å². The van der Waals surface area contributed by atoms with Crippen LogP contribution in [0.4, 0.5) is 0 Å². The maximum absolute atomic E-state index is 12.5. The summed E-state index contributed by atoms with van der Waals surface area (Å²) >= 11 is 1.62. The third-order valence-corrected chi connectivity index (χ3v) is 4.28. The van der Waals surface area contributed by atoms with Crippen LogP contribution >= 0.6 is 11.3 Å². The van der Waals surface area contributed by atoms with E-state index in [1.54, 1.807) is 11.3 Å². The van der Waals surface area contributed by atoms with Crippen LogP contribution in [0.3, 0.4) is 0 Å². The third kappa shape index (κ3) is 3.80. The van der Waals surface area contributed by atoms with Crippen molar-refractivity contribution >= 4 is 17.3 Å². The zero-order valence-electron chi connectivity index (χ0n) is 11.6. The Morgan fingerprint density at radius 3 is 2.42 bits per heavy atom. The molecule has 1 rings (SSSR count). The molecule has 104 valence electrons. The molecular weight excluding hydrogens is 256 g/mol. The van der Waals surface area contributed by atoms with E-state index in [4.69, 9.17) is 4.74 Å². The molecule has 0 unspecified atom stereocenters. The van der Waals surface area contributed by atoms with Gasteiger partial charge in [0.1, 0.15) is 5.41 Å². The molecule has 0 saturated heterocycles. The van der Waals surface area contributed by atoms with Crippen LogP contribution in [0.1, 0.15) is 37.5 Å². The van der Waals surface area contributed by atoms with E-state index < -0.39 is 5.41 Å². The van der Waals surface area contributed by atoms with Gasteiger partial charge >= 0.3 is 5.97 Å². The highest BCUT2D eigenvalue weighted by atomic mass is 32.1. The Morgan fingerprint density at radius 2 is 2.00 bits per heavy atom. The van der Waals surface area contributed by atoms with Crippen LogP contribution in [0, 0.1) is 0 Å². The van der Waals surface area contributed by atoms with Crippen molar-refractivity contribution in [1.82, 2.24) is 0 Å². The zero-order chi connectivity index (χ0) is 14.1. The zero-order valence-corrected chi connectivity index (χ0v) is 12.4. The molecular formula is C16H22O2S. The Kier molecular flexibility index (Phi) is 6.57. The maximum Gasteiger partial charge on any atom is 0.317 e. The van der Waals surface area contributed by atoms with Crippen LogP contribution in [-0.4, -0.2) is 12.6 Å². The van der Waals surface area contributed by atoms with Crippen LogP contribution in [0.25, 0.3) is 0 Å². The number of hydrogen-bond donors (Lipinski definition) is 0. The minimum Gasteiger partial charge on any atom is -0.465 e. The Balaban J connectivity index is 3.10. The topological polar surface area (TPSA) is 26.3 Å². The lowest BCUT2D eigenvalue weighted by molar-refractivity contribution is -0.150. The van der Waals surface area contributed by atoms with Gasteiger partial charge in [-0.05, 0) is 44.1 Å². The average Bonchev–Trinajstić information content (AvgIpc) is 2.94. The molecule has 2 nitrogen and oxygen atoms in total. The van der Waals surface area contributed by atoms with E-state index in [0.29, 0.717) is 6.61 Å². The van der Waals surface area contributed by atoms with Gasteiger partial charge in [0.05, 0.1) is 6.61 Å². The first-order valence-electron chi connectivity index (χ1n) is 6.64. The van der Waals surface area contributed by atoms with Crippen molar-refractivity contribution in [2.45, 2.75) is 38.0 Å². The molecule has 0 aliphatic rings. The molecule has 0 saturated carbocycles. The summed E-state index contributed by atoms with van der Waals surface area (Å²) in [5, 5.41) is 2.01. The lowest BCUT2D eigenvalue weighted by atomic mass is 9.77. The monoisotopic (exact) mass is 278 g/mol. The van der Waals surface area contributed by atoms with Crippen molar-refractivity contribution in [3.63, 3.8) is 0 Å². The smallest absolute Gasteiger partial charge is 0.317 e. The number of esters is 1. The molecule has 0 fully saturated rings. The molecule has 0 aliphatic heterocycles. The summed E-state index contributed by atoms with van der Waals surface area (Å²) in [7, 11) is 0. The van der Waals surface area contributed by atoms with Crippen molar-refractivity contribution in [3.8, 4) is 0 Å². The number of ether oxygens (including phenoxy) is 1. The van der Waals surface area contributed by atoms with Crippen molar-refractivity contribution in [1.29, 1.82) is 0 Å². The van der Waals surface area contributed by atoms with E-state index in [9.17, 15) is 4.79 Å². The second-order valence-corrected chi connectivity index (χ2v) is 5.38. The Bertz CT molecular complexity index is 394. The molecule has 0 aliphatic carbocycles. The molecule has 0 bridgehead atoms. The van der Waals surface area contributed by atoms with E-state index in [0.717, 1.165) is 30.6 Å². The van der Waals surface area contributed by atoms with Crippen LogP contribution in [0.5, 0.6) is 0 Å². The normalized spacial score (nSPS) is 11.0. The van der Waals surface area contributed by atoms with Gasteiger partial charge in [0.15, 0.2) is 0 Å². The highest BCUT2D eigenvalue weighted by Gasteiger charge is 2.41. The fourth-order valence-corrected chi connectivity index (χ4v) is 3.17. The largest absolute Gasteiger partial charge is 0.465 e. The predicted molar refractivity (Wildman–Crippen MR) is 81.5 cm³/mol. The molecule has 3 heteroatoms. The number of hydrogen-bond acceptors (Lipinski definition) is 3. The quantitative estimate of drug-likeness (QED) is 0.491. The first-order valence-corrected chi connectivity index (χ1v) is 7.52. The van der Waals surface area contributed by atoms with Gasteiger partial charge < -0.3 is 4.74 Å². The summed E-state index contributed by atoms with van der Waals surface area (Å²) in [5.41, 5.74) is -0.549. The van der Waals surface area contributed by atoms with Gasteiger partial charge in [-0.15, -0.1) is 24.5 Å². The average molecular weight is 278 g/mol. The lowest BCUT2D eigenvalue weighted by Gasteiger charge is -2.30. The SMILES string of the molecule is C=CCCC(CCC=C)(C(=O)OCC)c1cccs1. The predicted octanol–water partition coefficient (Wildman–Crippen LogP) is 4.48. The minimum atomic E-state index is -0.549. The van der Waals surface area contributed by atoms with Gasteiger partial charge in [-0.1, -0.05) is 18.2 Å². The molecule has 0 amide bonds. The van der Waals surface area contributed by atoms with Gasteiger partial charge in [-0.3, -0.25) is 4.79 Å². The van der Waals surface area contributed by atoms with Gasteiger partial charge in [0.25, 0.3) is 0 Å². The molecule has 0 spiro atoms. The highest BCUT2D eigenvalue weighted by molar-refractivity contribution is 7.10. The summed E-state index contributed by atoms with van der Waals surface area (Å²) in [6, 6.07) is 4.00. The number of thiophene rings is 1. The molecule has 0 N–H and O–H groups in total. The second kappa shape index (κ2) is 7.95. The molecule has 0 aromatic carbocycles. The molecule has 1 heterocycles. The molecule has 0 atom stereocenters. The summed E-state index contributed by atoms with van der Waals surface area (Å²) in [6.45, 7) is 9.78. The number of allylic oxidation sites excluding steroid dienone is 2. The van der Waals surface area contributed by atoms with Crippen molar-refractivity contribution < 1.29 is 9.53 Å². The van der Waals surface area contributed by atoms with E-state index in [-0.39, 0.29) is 5.97 Å². The number of carbonyl (C=O) groups is 1. The van der Waals surface area contributed by atoms with E-state index in [1.807, 2.05) is 36.6 Å². The van der Waals surface area contributed by atoms with Gasteiger partial charge in [-0.25, -0.2) is 0 Å². The Morgan fingerprint density at radius 1 is 1.37 bits per heavy atom. The van der Waals surface area contributed by atoms with Crippen molar-refractivity contribution in [2.24, 2.45) is 0 Å². The Hall–Kier alpha value is -1.35. The van der Waals surface area contributed by atoms with E-state index in [2.05, 4.69) is 13.2 Å². The van der Waals surface area contributed by atoms with E-state index >= 15 is 0 Å². The van der Waals surface area contributed by atoms with Gasteiger partial charge in [0, 0.05) is 4.88 Å². The van der Waals surface area contributed by atoms with Crippen LogP contribution in [-0.2, 0) is 14.9 Å². The molecule has 0 radical (unpaired) electrons. The third-order valence-electron chi connectivity index (χ3n) is 3.21. The van der Waals surface area contributed by atoms with E-state index in [1.165, 1.54) is 0 Å².